The number of aryl methyl sites for hydroxylation is 1. The van der Waals surface area contributed by atoms with Gasteiger partial charge in [-0.1, -0.05) is 36.4 Å². The van der Waals surface area contributed by atoms with Crippen LogP contribution >= 0.6 is 0 Å². The number of carbonyl (C=O) groups is 1. The quantitative estimate of drug-likeness (QED) is 0.556. The van der Waals surface area contributed by atoms with Crippen molar-refractivity contribution in [2.75, 3.05) is 0 Å². The Balaban J connectivity index is 1.38. The van der Waals surface area contributed by atoms with E-state index in [1.807, 2.05) is 55.6 Å². The topological polar surface area (TPSA) is 67.8 Å². The molecule has 1 amide bonds. The normalized spacial score (nSPS) is 10.5. The Morgan fingerprint density at radius 3 is 2.17 bits per heavy atom. The molecule has 0 atom stereocenters. The summed E-state index contributed by atoms with van der Waals surface area (Å²) in [5.41, 5.74) is 6.82. The van der Waals surface area contributed by atoms with Gasteiger partial charge in [0.1, 0.15) is 6.33 Å². The highest BCUT2D eigenvalue weighted by Crippen LogP contribution is 2.20. The SMILES string of the molecule is Cc1cc(-c2ccc(CNC(=O)c3ccc(-c4cncnc4)cc3)cc2)ccn1. The zero-order chi connectivity index (χ0) is 20.1. The molecule has 2 heterocycles. The first-order valence-electron chi connectivity index (χ1n) is 9.35. The summed E-state index contributed by atoms with van der Waals surface area (Å²) < 4.78 is 0. The molecule has 0 bridgehead atoms. The van der Waals surface area contributed by atoms with Crippen molar-refractivity contribution in [1.29, 1.82) is 0 Å². The number of rotatable bonds is 5. The summed E-state index contributed by atoms with van der Waals surface area (Å²) >= 11 is 0. The third kappa shape index (κ3) is 4.52. The fourth-order valence-electron chi connectivity index (χ4n) is 3.09. The van der Waals surface area contributed by atoms with Gasteiger partial charge in [-0.05, 0) is 53.4 Å². The lowest BCUT2D eigenvalue weighted by Crippen LogP contribution is -2.22. The van der Waals surface area contributed by atoms with Crippen molar-refractivity contribution in [3.63, 3.8) is 0 Å². The Kier molecular flexibility index (Phi) is 5.38. The smallest absolute Gasteiger partial charge is 0.251 e. The van der Waals surface area contributed by atoms with E-state index in [9.17, 15) is 4.79 Å². The van der Waals surface area contributed by atoms with Gasteiger partial charge in [0.15, 0.2) is 0 Å². The van der Waals surface area contributed by atoms with Crippen LogP contribution in [0, 0.1) is 6.92 Å². The number of carbonyl (C=O) groups excluding carboxylic acids is 1. The maximum Gasteiger partial charge on any atom is 0.251 e. The van der Waals surface area contributed by atoms with Gasteiger partial charge < -0.3 is 5.32 Å². The van der Waals surface area contributed by atoms with Crippen LogP contribution in [-0.2, 0) is 6.54 Å². The molecule has 0 aliphatic rings. The van der Waals surface area contributed by atoms with Gasteiger partial charge in [-0.15, -0.1) is 0 Å². The van der Waals surface area contributed by atoms with E-state index in [-0.39, 0.29) is 5.91 Å². The van der Waals surface area contributed by atoms with Crippen LogP contribution in [0.3, 0.4) is 0 Å². The molecule has 0 spiro atoms. The molecule has 29 heavy (non-hydrogen) atoms. The van der Waals surface area contributed by atoms with Crippen molar-refractivity contribution in [2.24, 2.45) is 0 Å². The molecular weight excluding hydrogens is 360 g/mol. The van der Waals surface area contributed by atoms with Gasteiger partial charge in [-0.3, -0.25) is 9.78 Å². The molecule has 2 aromatic carbocycles. The van der Waals surface area contributed by atoms with Crippen molar-refractivity contribution in [2.45, 2.75) is 13.5 Å². The van der Waals surface area contributed by atoms with Crippen LogP contribution in [0.1, 0.15) is 21.6 Å². The van der Waals surface area contributed by atoms with Gasteiger partial charge in [-0.25, -0.2) is 9.97 Å². The monoisotopic (exact) mass is 380 g/mol. The predicted molar refractivity (Wildman–Crippen MR) is 113 cm³/mol. The predicted octanol–water partition coefficient (Wildman–Crippen LogP) is 4.44. The van der Waals surface area contributed by atoms with Crippen LogP contribution in [0.4, 0.5) is 0 Å². The highest BCUT2D eigenvalue weighted by molar-refractivity contribution is 5.94. The number of aromatic nitrogens is 3. The zero-order valence-electron chi connectivity index (χ0n) is 16.0. The van der Waals surface area contributed by atoms with Crippen molar-refractivity contribution >= 4 is 5.91 Å². The second-order valence-corrected chi connectivity index (χ2v) is 6.77. The molecule has 0 saturated carbocycles. The number of hydrogen-bond acceptors (Lipinski definition) is 4. The number of pyridine rings is 1. The first-order valence-corrected chi connectivity index (χ1v) is 9.35. The number of hydrogen-bond donors (Lipinski definition) is 1. The van der Waals surface area contributed by atoms with Crippen LogP contribution in [0.5, 0.6) is 0 Å². The van der Waals surface area contributed by atoms with Crippen molar-refractivity contribution in [3.05, 3.63) is 102 Å². The molecule has 5 heteroatoms. The largest absolute Gasteiger partial charge is 0.348 e. The molecule has 0 aliphatic heterocycles. The lowest BCUT2D eigenvalue weighted by Gasteiger charge is -2.08. The molecule has 4 rings (SSSR count). The molecular formula is C24H20N4O. The first kappa shape index (κ1) is 18.5. The Labute approximate surface area is 169 Å². The fraction of sp³-hybridized carbons (Fsp3) is 0.0833. The van der Waals surface area contributed by atoms with Crippen LogP contribution in [0.15, 0.2) is 85.6 Å². The van der Waals surface area contributed by atoms with Crippen molar-refractivity contribution < 1.29 is 4.79 Å². The summed E-state index contributed by atoms with van der Waals surface area (Å²) in [4.78, 5) is 24.7. The molecule has 0 radical (unpaired) electrons. The van der Waals surface area contributed by atoms with E-state index in [0.717, 1.165) is 33.5 Å². The lowest BCUT2D eigenvalue weighted by molar-refractivity contribution is 0.0951. The van der Waals surface area contributed by atoms with E-state index < -0.39 is 0 Å². The maximum atomic E-state index is 12.4. The third-order valence-electron chi connectivity index (χ3n) is 4.68. The van der Waals surface area contributed by atoms with Crippen LogP contribution in [0.2, 0.25) is 0 Å². The zero-order valence-corrected chi connectivity index (χ0v) is 16.0. The molecule has 0 saturated heterocycles. The van der Waals surface area contributed by atoms with Crippen molar-refractivity contribution in [1.82, 2.24) is 20.3 Å². The lowest BCUT2D eigenvalue weighted by atomic mass is 10.0. The first-order chi connectivity index (χ1) is 14.2. The number of nitrogens with zero attached hydrogens (tertiary/aromatic N) is 3. The summed E-state index contributed by atoms with van der Waals surface area (Å²) in [7, 11) is 0. The van der Waals surface area contributed by atoms with Gasteiger partial charge in [0.05, 0.1) is 0 Å². The molecule has 2 aromatic heterocycles. The number of amides is 1. The second kappa shape index (κ2) is 8.44. The Hall–Kier alpha value is -3.86. The Bertz CT molecular complexity index is 1110. The minimum Gasteiger partial charge on any atom is -0.348 e. The van der Waals surface area contributed by atoms with E-state index in [0.29, 0.717) is 12.1 Å². The van der Waals surface area contributed by atoms with E-state index in [1.165, 1.54) is 6.33 Å². The molecule has 1 N–H and O–H groups in total. The third-order valence-corrected chi connectivity index (χ3v) is 4.68. The summed E-state index contributed by atoms with van der Waals surface area (Å²) in [5, 5.41) is 2.97. The van der Waals surface area contributed by atoms with E-state index >= 15 is 0 Å². The highest BCUT2D eigenvalue weighted by atomic mass is 16.1. The van der Waals surface area contributed by atoms with Crippen molar-refractivity contribution in [3.8, 4) is 22.3 Å². The number of nitrogens with one attached hydrogen (secondary N) is 1. The van der Waals surface area contributed by atoms with Crippen LogP contribution in [0.25, 0.3) is 22.3 Å². The van der Waals surface area contributed by atoms with Gasteiger partial charge in [0.25, 0.3) is 5.91 Å². The van der Waals surface area contributed by atoms with E-state index in [4.69, 9.17) is 0 Å². The maximum absolute atomic E-state index is 12.4. The van der Waals surface area contributed by atoms with Gasteiger partial charge in [-0.2, -0.15) is 0 Å². The van der Waals surface area contributed by atoms with Crippen LogP contribution in [-0.4, -0.2) is 20.9 Å². The van der Waals surface area contributed by atoms with Gasteiger partial charge in [0.2, 0.25) is 0 Å². The molecule has 4 aromatic rings. The van der Waals surface area contributed by atoms with E-state index in [2.05, 4.69) is 38.5 Å². The summed E-state index contributed by atoms with van der Waals surface area (Å²) in [6.45, 7) is 2.45. The summed E-state index contributed by atoms with van der Waals surface area (Å²) in [6.07, 6.45) is 6.81. The average molecular weight is 380 g/mol. The Morgan fingerprint density at radius 2 is 1.48 bits per heavy atom. The standard InChI is InChI=1S/C24H20N4O/c1-17-12-22(10-11-27-17)19-4-2-18(3-5-19)13-28-24(29)21-8-6-20(7-9-21)23-14-25-16-26-15-23/h2-12,14-16H,13H2,1H3,(H,28,29). The minimum atomic E-state index is -0.102. The van der Waals surface area contributed by atoms with Gasteiger partial charge in [0, 0.05) is 42.0 Å². The fourth-order valence-corrected chi connectivity index (χ4v) is 3.09. The average Bonchev–Trinajstić information content (AvgIpc) is 2.78. The molecule has 5 nitrogen and oxygen atoms in total. The van der Waals surface area contributed by atoms with Gasteiger partial charge >= 0.3 is 0 Å². The van der Waals surface area contributed by atoms with E-state index in [1.54, 1.807) is 12.4 Å². The molecule has 142 valence electrons. The van der Waals surface area contributed by atoms with Crippen LogP contribution < -0.4 is 5.32 Å². The highest BCUT2D eigenvalue weighted by Gasteiger charge is 2.07. The summed E-state index contributed by atoms with van der Waals surface area (Å²) in [5.74, 6) is -0.102. The summed E-state index contributed by atoms with van der Waals surface area (Å²) in [6, 6.07) is 19.7. The Morgan fingerprint density at radius 1 is 0.828 bits per heavy atom. The number of benzene rings is 2. The molecule has 0 unspecified atom stereocenters. The molecule has 0 fully saturated rings. The molecule has 0 aliphatic carbocycles. The second-order valence-electron chi connectivity index (χ2n) is 6.77. The minimum absolute atomic E-state index is 0.102.